The van der Waals surface area contributed by atoms with Crippen molar-refractivity contribution in [3.63, 3.8) is 0 Å². The number of phenolic OH excluding ortho intramolecular Hbond substituents is 1. The molecular formula is C13H16ClNO3. The van der Waals surface area contributed by atoms with Crippen LogP contribution in [0.15, 0.2) is 18.2 Å². The molecule has 1 aliphatic heterocycles. The van der Waals surface area contributed by atoms with Gasteiger partial charge >= 0.3 is 5.97 Å². The predicted octanol–water partition coefficient (Wildman–Crippen LogP) is 2.48. The Morgan fingerprint density at radius 3 is 2.94 bits per heavy atom. The minimum absolute atomic E-state index is 0.0399. The van der Waals surface area contributed by atoms with Crippen molar-refractivity contribution in [2.45, 2.75) is 31.8 Å². The largest absolute Gasteiger partial charge is 0.506 e. The summed E-state index contributed by atoms with van der Waals surface area (Å²) in [6, 6.07) is 4.61. The van der Waals surface area contributed by atoms with Crippen LogP contribution in [0.25, 0.3) is 0 Å². The van der Waals surface area contributed by atoms with Gasteiger partial charge in [0.25, 0.3) is 0 Å². The summed E-state index contributed by atoms with van der Waals surface area (Å²) in [5.41, 5.74) is 0.768. The van der Waals surface area contributed by atoms with Crippen LogP contribution in [0.1, 0.15) is 24.8 Å². The van der Waals surface area contributed by atoms with Crippen molar-refractivity contribution in [1.82, 2.24) is 4.90 Å². The van der Waals surface area contributed by atoms with Crippen molar-refractivity contribution in [1.29, 1.82) is 0 Å². The average molecular weight is 270 g/mol. The summed E-state index contributed by atoms with van der Waals surface area (Å²) in [4.78, 5) is 13.1. The number of carboxylic acids is 1. The second-order valence-corrected chi connectivity index (χ2v) is 4.95. The van der Waals surface area contributed by atoms with Crippen LogP contribution in [0.2, 0.25) is 5.02 Å². The molecule has 0 radical (unpaired) electrons. The number of halogens is 1. The van der Waals surface area contributed by atoms with Crippen LogP contribution in [0.3, 0.4) is 0 Å². The van der Waals surface area contributed by atoms with E-state index in [0.29, 0.717) is 18.0 Å². The number of nitrogens with zero attached hydrogens (tertiary/aromatic N) is 1. The standard InChI is InChI=1S/C13H16ClNO3/c14-12-9(4-3-6-11(12)16)8-15-7-2-1-5-10(15)13(17)18/h3-4,6,10,16H,1-2,5,7-8H2,(H,17,18). The van der Waals surface area contributed by atoms with E-state index in [0.717, 1.165) is 24.9 Å². The van der Waals surface area contributed by atoms with Crippen LogP contribution >= 0.6 is 11.6 Å². The molecule has 98 valence electrons. The number of carbonyl (C=O) groups is 1. The van der Waals surface area contributed by atoms with Crippen molar-refractivity contribution in [2.75, 3.05) is 6.54 Å². The van der Waals surface area contributed by atoms with Crippen molar-refractivity contribution < 1.29 is 15.0 Å². The Balaban J connectivity index is 2.16. The molecule has 1 aromatic rings. The number of rotatable bonds is 3. The number of hydrogen-bond donors (Lipinski definition) is 2. The fourth-order valence-electron chi connectivity index (χ4n) is 2.37. The molecule has 0 bridgehead atoms. The highest BCUT2D eigenvalue weighted by molar-refractivity contribution is 6.32. The molecule has 0 aromatic heterocycles. The quantitative estimate of drug-likeness (QED) is 0.885. The summed E-state index contributed by atoms with van der Waals surface area (Å²) >= 11 is 6.02. The van der Waals surface area contributed by atoms with Crippen molar-refractivity contribution in [2.24, 2.45) is 0 Å². The molecule has 0 aliphatic carbocycles. The molecule has 4 nitrogen and oxygen atoms in total. The van der Waals surface area contributed by atoms with Gasteiger partial charge in [0.05, 0.1) is 5.02 Å². The van der Waals surface area contributed by atoms with Crippen molar-refractivity contribution in [3.8, 4) is 5.75 Å². The van der Waals surface area contributed by atoms with Gasteiger partial charge in [-0.1, -0.05) is 30.2 Å². The first-order valence-electron chi connectivity index (χ1n) is 6.03. The molecule has 1 aliphatic rings. The molecular weight excluding hydrogens is 254 g/mol. The molecule has 1 atom stereocenters. The van der Waals surface area contributed by atoms with Gasteiger partial charge in [-0.25, -0.2) is 0 Å². The van der Waals surface area contributed by atoms with E-state index in [-0.39, 0.29) is 5.75 Å². The van der Waals surface area contributed by atoms with E-state index in [1.54, 1.807) is 6.07 Å². The van der Waals surface area contributed by atoms with E-state index in [9.17, 15) is 15.0 Å². The van der Waals surface area contributed by atoms with Gasteiger partial charge in [0.1, 0.15) is 11.8 Å². The third-order valence-corrected chi connectivity index (χ3v) is 3.77. The fraction of sp³-hybridized carbons (Fsp3) is 0.462. The molecule has 5 heteroatoms. The summed E-state index contributed by atoms with van der Waals surface area (Å²) < 4.78 is 0. The normalized spacial score (nSPS) is 20.8. The van der Waals surface area contributed by atoms with E-state index in [2.05, 4.69) is 0 Å². The molecule has 1 fully saturated rings. The lowest BCUT2D eigenvalue weighted by Gasteiger charge is -2.33. The van der Waals surface area contributed by atoms with Crippen molar-refractivity contribution >= 4 is 17.6 Å². The van der Waals surface area contributed by atoms with E-state index < -0.39 is 12.0 Å². The van der Waals surface area contributed by atoms with Crippen LogP contribution < -0.4 is 0 Å². The van der Waals surface area contributed by atoms with Gasteiger partial charge < -0.3 is 10.2 Å². The third-order valence-electron chi connectivity index (χ3n) is 3.33. The smallest absolute Gasteiger partial charge is 0.320 e. The number of piperidine rings is 1. The zero-order valence-corrected chi connectivity index (χ0v) is 10.7. The summed E-state index contributed by atoms with van der Waals surface area (Å²) in [7, 11) is 0. The second-order valence-electron chi connectivity index (χ2n) is 4.57. The maximum absolute atomic E-state index is 11.2. The van der Waals surface area contributed by atoms with E-state index >= 15 is 0 Å². The Bertz CT molecular complexity index is 450. The number of carboxylic acid groups (broad SMARTS) is 1. The highest BCUT2D eigenvalue weighted by Gasteiger charge is 2.28. The molecule has 0 saturated carbocycles. The van der Waals surface area contributed by atoms with Crippen LogP contribution in [0.5, 0.6) is 5.75 Å². The predicted molar refractivity (Wildman–Crippen MR) is 68.8 cm³/mol. The summed E-state index contributed by atoms with van der Waals surface area (Å²) in [6.45, 7) is 1.22. The number of likely N-dealkylation sites (tertiary alicyclic amines) is 1. The van der Waals surface area contributed by atoms with Crippen LogP contribution in [-0.4, -0.2) is 33.7 Å². The zero-order valence-electron chi connectivity index (χ0n) is 9.97. The molecule has 2 N–H and O–H groups in total. The van der Waals surface area contributed by atoms with E-state index in [1.807, 2.05) is 11.0 Å². The number of aromatic hydroxyl groups is 1. The lowest BCUT2D eigenvalue weighted by atomic mass is 10.0. The summed E-state index contributed by atoms with van der Waals surface area (Å²) in [6.07, 6.45) is 2.62. The van der Waals surface area contributed by atoms with Gasteiger partial charge in [0.2, 0.25) is 0 Å². The second kappa shape index (κ2) is 5.59. The highest BCUT2D eigenvalue weighted by Crippen LogP contribution is 2.29. The zero-order chi connectivity index (χ0) is 13.1. The average Bonchev–Trinajstić information content (AvgIpc) is 2.35. The van der Waals surface area contributed by atoms with Gasteiger partial charge in [0, 0.05) is 6.54 Å². The topological polar surface area (TPSA) is 60.8 Å². The van der Waals surface area contributed by atoms with Gasteiger partial charge in [-0.2, -0.15) is 0 Å². The number of benzene rings is 1. The first-order valence-corrected chi connectivity index (χ1v) is 6.40. The van der Waals surface area contributed by atoms with Crippen molar-refractivity contribution in [3.05, 3.63) is 28.8 Å². The number of aliphatic carboxylic acids is 1. The number of hydrogen-bond acceptors (Lipinski definition) is 3. The SMILES string of the molecule is O=C(O)C1CCCCN1Cc1cccc(O)c1Cl. The summed E-state index contributed by atoms with van der Waals surface area (Å²) in [5, 5.41) is 19.0. The monoisotopic (exact) mass is 269 g/mol. The molecule has 1 unspecified atom stereocenters. The first kappa shape index (κ1) is 13.2. The minimum atomic E-state index is -0.786. The molecule has 0 spiro atoms. The molecule has 0 amide bonds. The first-order chi connectivity index (χ1) is 8.59. The Kier molecular flexibility index (Phi) is 4.09. The van der Waals surface area contributed by atoms with Gasteiger partial charge in [0.15, 0.2) is 0 Å². The van der Waals surface area contributed by atoms with Gasteiger partial charge in [-0.05, 0) is 31.0 Å². The molecule has 2 rings (SSSR count). The van der Waals surface area contributed by atoms with Crippen LogP contribution in [0.4, 0.5) is 0 Å². The molecule has 1 aromatic carbocycles. The maximum Gasteiger partial charge on any atom is 0.320 e. The van der Waals surface area contributed by atoms with Crippen LogP contribution in [-0.2, 0) is 11.3 Å². The lowest BCUT2D eigenvalue weighted by Crippen LogP contribution is -2.44. The summed E-state index contributed by atoms with van der Waals surface area (Å²) in [5.74, 6) is -0.746. The highest BCUT2D eigenvalue weighted by atomic mass is 35.5. The third kappa shape index (κ3) is 2.76. The Morgan fingerprint density at radius 2 is 2.22 bits per heavy atom. The Hall–Kier alpha value is -1.26. The van der Waals surface area contributed by atoms with E-state index in [4.69, 9.17) is 11.6 Å². The van der Waals surface area contributed by atoms with Crippen LogP contribution in [0, 0.1) is 0 Å². The lowest BCUT2D eigenvalue weighted by molar-refractivity contribution is -0.144. The Labute approximate surface area is 111 Å². The Morgan fingerprint density at radius 1 is 1.44 bits per heavy atom. The maximum atomic E-state index is 11.2. The minimum Gasteiger partial charge on any atom is -0.506 e. The number of phenols is 1. The fourth-order valence-corrected chi connectivity index (χ4v) is 2.55. The van der Waals surface area contributed by atoms with E-state index in [1.165, 1.54) is 6.07 Å². The molecule has 1 heterocycles. The van der Waals surface area contributed by atoms with Gasteiger partial charge in [-0.3, -0.25) is 9.69 Å². The van der Waals surface area contributed by atoms with Gasteiger partial charge in [-0.15, -0.1) is 0 Å². The molecule has 18 heavy (non-hydrogen) atoms. The molecule has 1 saturated heterocycles.